The van der Waals surface area contributed by atoms with Crippen LogP contribution in [0.5, 0.6) is 0 Å². The standard InChI is InChI=1S/C12H20ClN3/c1-3-10-15-12(13)11-9(6-7-14-2)5-4-8-16(10)11/h9,14H,3-8H2,1-2H3. The Hall–Kier alpha value is -0.540. The topological polar surface area (TPSA) is 29.9 Å². The third-order valence-corrected chi connectivity index (χ3v) is 3.70. The Kier molecular flexibility index (Phi) is 3.87. The van der Waals surface area contributed by atoms with Gasteiger partial charge in [-0.1, -0.05) is 18.5 Å². The predicted octanol–water partition coefficient (Wildman–Crippen LogP) is 2.59. The van der Waals surface area contributed by atoms with Crippen molar-refractivity contribution in [1.29, 1.82) is 0 Å². The zero-order chi connectivity index (χ0) is 11.5. The molecule has 1 aliphatic rings. The number of aromatic nitrogens is 2. The lowest BCUT2D eigenvalue weighted by Crippen LogP contribution is -2.20. The quantitative estimate of drug-likeness (QED) is 0.878. The minimum absolute atomic E-state index is 0.585. The molecular formula is C12H20ClN3. The summed E-state index contributed by atoms with van der Waals surface area (Å²) in [5.74, 6) is 1.73. The molecule has 0 aromatic carbocycles. The third-order valence-electron chi connectivity index (χ3n) is 3.42. The van der Waals surface area contributed by atoms with Crippen LogP contribution in [0.25, 0.3) is 0 Å². The fourth-order valence-electron chi connectivity index (χ4n) is 2.62. The number of rotatable bonds is 4. The Morgan fingerprint density at radius 2 is 2.38 bits per heavy atom. The first-order valence-electron chi connectivity index (χ1n) is 6.17. The fourth-order valence-corrected chi connectivity index (χ4v) is 2.98. The highest BCUT2D eigenvalue weighted by atomic mass is 35.5. The summed E-state index contributed by atoms with van der Waals surface area (Å²) in [5.41, 5.74) is 1.28. The van der Waals surface area contributed by atoms with E-state index >= 15 is 0 Å². The number of halogens is 1. The van der Waals surface area contributed by atoms with Crippen LogP contribution in [0.2, 0.25) is 5.15 Å². The molecule has 2 heterocycles. The molecule has 1 N–H and O–H groups in total. The van der Waals surface area contributed by atoms with Crippen LogP contribution in [0.4, 0.5) is 0 Å². The van der Waals surface area contributed by atoms with Crippen molar-refractivity contribution in [2.24, 2.45) is 0 Å². The molecule has 0 bridgehead atoms. The van der Waals surface area contributed by atoms with Gasteiger partial charge in [0.15, 0.2) is 5.15 Å². The second-order valence-electron chi connectivity index (χ2n) is 4.44. The molecule has 90 valence electrons. The molecule has 1 atom stereocenters. The molecule has 0 saturated heterocycles. The van der Waals surface area contributed by atoms with Crippen LogP contribution < -0.4 is 5.32 Å². The van der Waals surface area contributed by atoms with E-state index in [1.807, 2.05) is 7.05 Å². The van der Waals surface area contributed by atoms with Crippen molar-refractivity contribution in [1.82, 2.24) is 14.9 Å². The summed E-state index contributed by atoms with van der Waals surface area (Å²) in [7, 11) is 2.00. The van der Waals surface area contributed by atoms with Crippen molar-refractivity contribution < 1.29 is 0 Å². The van der Waals surface area contributed by atoms with Crippen LogP contribution in [-0.2, 0) is 13.0 Å². The van der Waals surface area contributed by atoms with Crippen LogP contribution >= 0.6 is 11.6 Å². The highest BCUT2D eigenvalue weighted by Crippen LogP contribution is 2.35. The molecule has 4 heteroatoms. The highest BCUT2D eigenvalue weighted by Gasteiger charge is 2.26. The zero-order valence-corrected chi connectivity index (χ0v) is 10.8. The largest absolute Gasteiger partial charge is 0.330 e. The van der Waals surface area contributed by atoms with Crippen molar-refractivity contribution in [3.63, 3.8) is 0 Å². The van der Waals surface area contributed by atoms with E-state index in [-0.39, 0.29) is 0 Å². The third kappa shape index (κ3) is 2.11. The molecule has 1 aromatic heterocycles. The lowest BCUT2D eigenvalue weighted by molar-refractivity contribution is 0.424. The number of nitrogens with one attached hydrogen (secondary N) is 1. The average Bonchev–Trinajstić information content (AvgIpc) is 2.64. The van der Waals surface area contributed by atoms with Crippen molar-refractivity contribution in [2.45, 2.75) is 45.1 Å². The van der Waals surface area contributed by atoms with Gasteiger partial charge >= 0.3 is 0 Å². The molecule has 0 radical (unpaired) electrons. The van der Waals surface area contributed by atoms with Gasteiger partial charge in [0.25, 0.3) is 0 Å². The van der Waals surface area contributed by atoms with E-state index in [1.165, 1.54) is 18.5 Å². The van der Waals surface area contributed by atoms with E-state index in [1.54, 1.807) is 0 Å². The summed E-state index contributed by atoms with van der Waals surface area (Å²) in [6.45, 7) is 4.28. The van der Waals surface area contributed by atoms with Crippen LogP contribution in [-0.4, -0.2) is 23.1 Å². The zero-order valence-electron chi connectivity index (χ0n) is 10.1. The number of hydrogen-bond donors (Lipinski definition) is 1. The maximum Gasteiger partial charge on any atom is 0.150 e. The predicted molar refractivity (Wildman–Crippen MR) is 67.1 cm³/mol. The maximum atomic E-state index is 6.26. The van der Waals surface area contributed by atoms with Crippen LogP contribution in [0.1, 0.15) is 43.6 Å². The molecule has 3 nitrogen and oxygen atoms in total. The van der Waals surface area contributed by atoms with E-state index in [2.05, 4.69) is 21.8 Å². The Morgan fingerprint density at radius 3 is 3.06 bits per heavy atom. The number of hydrogen-bond acceptors (Lipinski definition) is 2. The van der Waals surface area contributed by atoms with Gasteiger partial charge in [-0.05, 0) is 32.9 Å². The smallest absolute Gasteiger partial charge is 0.150 e. The molecule has 0 aliphatic carbocycles. The van der Waals surface area contributed by atoms with Gasteiger partial charge < -0.3 is 9.88 Å². The maximum absolute atomic E-state index is 6.26. The Balaban J connectivity index is 2.27. The first kappa shape index (κ1) is 11.9. The molecule has 0 amide bonds. The van der Waals surface area contributed by atoms with Gasteiger partial charge in [0.1, 0.15) is 5.82 Å². The van der Waals surface area contributed by atoms with Crippen molar-refractivity contribution in [2.75, 3.05) is 13.6 Å². The highest BCUT2D eigenvalue weighted by molar-refractivity contribution is 6.30. The second kappa shape index (κ2) is 5.19. The van der Waals surface area contributed by atoms with Crippen LogP contribution in [0, 0.1) is 0 Å². The summed E-state index contributed by atoms with van der Waals surface area (Å²) < 4.78 is 2.34. The lowest BCUT2D eigenvalue weighted by Gasteiger charge is -2.25. The molecule has 1 unspecified atom stereocenters. The average molecular weight is 242 g/mol. The van der Waals surface area contributed by atoms with Gasteiger partial charge in [-0.25, -0.2) is 4.98 Å². The number of fused-ring (bicyclic) bond motifs is 1. The second-order valence-corrected chi connectivity index (χ2v) is 4.80. The number of aryl methyl sites for hydroxylation is 1. The van der Waals surface area contributed by atoms with E-state index in [0.717, 1.165) is 36.9 Å². The number of imidazole rings is 1. The van der Waals surface area contributed by atoms with E-state index in [9.17, 15) is 0 Å². The molecular weight excluding hydrogens is 222 g/mol. The summed E-state index contributed by atoms with van der Waals surface area (Å²) >= 11 is 6.26. The molecule has 1 aromatic rings. The minimum Gasteiger partial charge on any atom is -0.330 e. The molecule has 1 aliphatic heterocycles. The van der Waals surface area contributed by atoms with Crippen molar-refractivity contribution in [3.8, 4) is 0 Å². The monoisotopic (exact) mass is 241 g/mol. The van der Waals surface area contributed by atoms with Crippen LogP contribution in [0.15, 0.2) is 0 Å². The first-order chi connectivity index (χ1) is 7.77. The van der Waals surface area contributed by atoms with Crippen molar-refractivity contribution >= 4 is 11.6 Å². The van der Waals surface area contributed by atoms with Gasteiger partial charge in [-0.15, -0.1) is 0 Å². The summed E-state index contributed by atoms with van der Waals surface area (Å²) in [6, 6.07) is 0. The van der Waals surface area contributed by atoms with Crippen LogP contribution in [0.3, 0.4) is 0 Å². The molecule has 0 fully saturated rings. The Bertz CT molecular complexity index is 359. The van der Waals surface area contributed by atoms with Gasteiger partial charge in [0.2, 0.25) is 0 Å². The number of nitrogens with zero attached hydrogens (tertiary/aromatic N) is 2. The van der Waals surface area contributed by atoms with E-state index in [0.29, 0.717) is 5.92 Å². The normalized spacial score (nSPS) is 19.8. The minimum atomic E-state index is 0.585. The van der Waals surface area contributed by atoms with Gasteiger partial charge in [0.05, 0.1) is 5.69 Å². The summed E-state index contributed by atoms with van der Waals surface area (Å²) in [5, 5.41) is 3.95. The molecule has 2 rings (SSSR count). The van der Waals surface area contributed by atoms with E-state index in [4.69, 9.17) is 11.6 Å². The van der Waals surface area contributed by atoms with Gasteiger partial charge in [-0.2, -0.15) is 0 Å². The Labute approximate surface area is 102 Å². The summed E-state index contributed by atoms with van der Waals surface area (Å²) in [4.78, 5) is 4.48. The SMILES string of the molecule is CCc1nc(Cl)c2n1CCCC2CCNC. The van der Waals surface area contributed by atoms with E-state index < -0.39 is 0 Å². The lowest BCUT2D eigenvalue weighted by atomic mass is 9.93. The van der Waals surface area contributed by atoms with Crippen molar-refractivity contribution in [3.05, 3.63) is 16.7 Å². The Morgan fingerprint density at radius 1 is 1.56 bits per heavy atom. The summed E-state index contributed by atoms with van der Waals surface area (Å²) in [6.07, 6.45) is 4.63. The van der Waals surface area contributed by atoms with Gasteiger partial charge in [0, 0.05) is 18.9 Å². The molecule has 16 heavy (non-hydrogen) atoms. The molecule has 0 saturated carbocycles. The fraction of sp³-hybridized carbons (Fsp3) is 0.750. The first-order valence-corrected chi connectivity index (χ1v) is 6.55. The van der Waals surface area contributed by atoms with Gasteiger partial charge in [-0.3, -0.25) is 0 Å². The molecule has 0 spiro atoms.